The number of hydrogen-bond donors (Lipinski definition) is 3. The second-order valence-corrected chi connectivity index (χ2v) is 6.07. The van der Waals surface area contributed by atoms with Crippen molar-refractivity contribution in [2.24, 2.45) is 0 Å². The Morgan fingerprint density at radius 1 is 1.17 bits per heavy atom. The molecule has 0 aliphatic rings. The Hall–Kier alpha value is -2.38. The van der Waals surface area contributed by atoms with Gasteiger partial charge in [0.15, 0.2) is 0 Å². The maximum Gasteiger partial charge on any atom is 0.250 e. The fourth-order valence-electron chi connectivity index (χ4n) is 1.77. The Labute approximate surface area is 138 Å². The second-order valence-electron chi connectivity index (χ2n) is 4.70. The first-order valence-electron chi connectivity index (χ1n) is 6.98. The van der Waals surface area contributed by atoms with Gasteiger partial charge in [0.25, 0.3) is 0 Å². The molecule has 1 heterocycles. The Bertz CT molecular complexity index is 679. The first-order valence-corrected chi connectivity index (χ1v) is 7.86. The molecule has 0 bridgehead atoms. The van der Waals surface area contributed by atoms with Crippen LogP contribution in [0.5, 0.6) is 0 Å². The van der Waals surface area contributed by atoms with Gasteiger partial charge in [0, 0.05) is 17.6 Å². The lowest BCUT2D eigenvalue weighted by Gasteiger charge is -2.12. The summed E-state index contributed by atoms with van der Waals surface area (Å²) in [6.45, 7) is 1.21. The van der Waals surface area contributed by atoms with Crippen molar-refractivity contribution in [3.8, 4) is 0 Å². The van der Waals surface area contributed by atoms with Crippen LogP contribution in [0.4, 0.5) is 11.4 Å². The largest absolute Gasteiger partial charge is 0.387 e. The minimum absolute atomic E-state index is 0.161. The maximum absolute atomic E-state index is 12.2. The summed E-state index contributed by atoms with van der Waals surface area (Å²) in [6, 6.07) is 12.3. The van der Waals surface area contributed by atoms with Gasteiger partial charge in [-0.2, -0.15) is 0 Å². The number of hydrogen-bond acceptors (Lipinski definition) is 5. The number of carbonyl (C=O) groups excluding carboxylic acids is 2. The number of aliphatic hydroxyl groups is 1. The molecule has 3 N–H and O–H groups in total. The number of benzene rings is 1. The van der Waals surface area contributed by atoms with Gasteiger partial charge < -0.3 is 15.7 Å². The van der Waals surface area contributed by atoms with Crippen molar-refractivity contribution < 1.29 is 14.7 Å². The first-order chi connectivity index (χ1) is 11.1. The van der Waals surface area contributed by atoms with E-state index in [0.29, 0.717) is 11.4 Å². The van der Waals surface area contributed by atoms with E-state index in [-0.39, 0.29) is 11.2 Å². The third kappa shape index (κ3) is 5.39. The molecule has 0 aliphatic carbocycles. The Morgan fingerprint density at radius 3 is 2.57 bits per heavy atom. The molecule has 1 aromatic heterocycles. The highest BCUT2D eigenvalue weighted by atomic mass is 32.2. The van der Waals surface area contributed by atoms with Crippen molar-refractivity contribution in [2.45, 2.75) is 17.2 Å². The standard InChI is InChI=1S/C16H17N3O3S/c1-11(23-15-7-2-3-8-17-15)16(22)19-13-6-4-5-12(9-13)18-14(21)10-20/h2-9,11,20H,10H2,1H3,(H,18,21)(H,19,22). The molecule has 0 fully saturated rings. The van der Waals surface area contributed by atoms with E-state index in [2.05, 4.69) is 15.6 Å². The topological polar surface area (TPSA) is 91.3 Å². The summed E-state index contributed by atoms with van der Waals surface area (Å²) >= 11 is 1.36. The molecular formula is C16H17N3O3S. The SMILES string of the molecule is CC(Sc1ccccn1)C(=O)Nc1cccc(NC(=O)CO)c1. The summed E-state index contributed by atoms with van der Waals surface area (Å²) in [5.41, 5.74) is 1.08. The number of nitrogens with zero attached hydrogens (tertiary/aromatic N) is 1. The summed E-state index contributed by atoms with van der Waals surface area (Å²) < 4.78 is 0. The van der Waals surface area contributed by atoms with Crippen LogP contribution in [0.15, 0.2) is 53.7 Å². The lowest BCUT2D eigenvalue weighted by molar-refractivity contribution is -0.118. The van der Waals surface area contributed by atoms with Gasteiger partial charge in [-0.15, -0.1) is 0 Å². The zero-order valence-electron chi connectivity index (χ0n) is 12.5. The van der Waals surface area contributed by atoms with E-state index in [0.717, 1.165) is 5.03 Å². The van der Waals surface area contributed by atoms with Crippen molar-refractivity contribution in [1.29, 1.82) is 0 Å². The normalized spacial score (nSPS) is 11.6. The van der Waals surface area contributed by atoms with Gasteiger partial charge in [-0.3, -0.25) is 9.59 Å². The maximum atomic E-state index is 12.2. The van der Waals surface area contributed by atoms with Crippen molar-refractivity contribution in [2.75, 3.05) is 17.2 Å². The van der Waals surface area contributed by atoms with E-state index in [9.17, 15) is 9.59 Å². The molecule has 6 nitrogen and oxygen atoms in total. The average molecular weight is 331 g/mol. The van der Waals surface area contributed by atoms with Crippen molar-refractivity contribution >= 4 is 35.0 Å². The van der Waals surface area contributed by atoms with Gasteiger partial charge in [-0.1, -0.05) is 23.9 Å². The number of pyridine rings is 1. The number of aromatic nitrogens is 1. The molecule has 0 aliphatic heterocycles. The highest BCUT2D eigenvalue weighted by Gasteiger charge is 2.15. The smallest absolute Gasteiger partial charge is 0.250 e. The van der Waals surface area contributed by atoms with E-state index in [4.69, 9.17) is 5.11 Å². The van der Waals surface area contributed by atoms with Crippen LogP contribution in [0.25, 0.3) is 0 Å². The van der Waals surface area contributed by atoms with Crippen molar-refractivity contribution in [1.82, 2.24) is 4.98 Å². The number of rotatable bonds is 6. The average Bonchev–Trinajstić information content (AvgIpc) is 2.56. The molecule has 0 saturated heterocycles. The van der Waals surface area contributed by atoms with E-state index in [1.807, 2.05) is 18.2 Å². The number of thioether (sulfide) groups is 1. The van der Waals surface area contributed by atoms with E-state index in [1.165, 1.54) is 11.8 Å². The molecule has 0 radical (unpaired) electrons. The molecule has 0 saturated carbocycles. The molecule has 2 aromatic rings. The third-order valence-electron chi connectivity index (χ3n) is 2.86. The summed E-state index contributed by atoms with van der Waals surface area (Å²) in [5.74, 6) is -0.668. The second kappa shape index (κ2) is 8.30. The number of aliphatic hydroxyl groups excluding tert-OH is 1. The van der Waals surface area contributed by atoms with Crippen LogP contribution >= 0.6 is 11.8 Å². The lowest BCUT2D eigenvalue weighted by Crippen LogP contribution is -2.22. The number of amides is 2. The van der Waals surface area contributed by atoms with Crippen LogP contribution < -0.4 is 10.6 Å². The Balaban J connectivity index is 1.96. The molecule has 2 rings (SSSR count). The van der Waals surface area contributed by atoms with E-state index in [1.54, 1.807) is 37.4 Å². The minimum Gasteiger partial charge on any atom is -0.387 e. The van der Waals surface area contributed by atoms with Gasteiger partial charge in [-0.25, -0.2) is 4.98 Å². The quantitative estimate of drug-likeness (QED) is 0.705. The van der Waals surface area contributed by atoms with Crippen molar-refractivity contribution in [3.05, 3.63) is 48.7 Å². The number of carbonyl (C=O) groups is 2. The van der Waals surface area contributed by atoms with Crippen molar-refractivity contribution in [3.63, 3.8) is 0 Å². The zero-order chi connectivity index (χ0) is 16.7. The van der Waals surface area contributed by atoms with Crippen LogP contribution in [0.1, 0.15) is 6.92 Å². The molecule has 1 unspecified atom stereocenters. The van der Waals surface area contributed by atoms with Crippen LogP contribution in [0.3, 0.4) is 0 Å². The Morgan fingerprint density at radius 2 is 1.91 bits per heavy atom. The first kappa shape index (κ1) is 17.0. The molecular weight excluding hydrogens is 314 g/mol. The molecule has 0 spiro atoms. The highest BCUT2D eigenvalue weighted by molar-refractivity contribution is 8.00. The fraction of sp³-hybridized carbons (Fsp3) is 0.188. The van der Waals surface area contributed by atoms with Gasteiger partial charge >= 0.3 is 0 Å². The van der Waals surface area contributed by atoms with Crippen LogP contribution in [-0.4, -0.2) is 33.8 Å². The van der Waals surface area contributed by atoms with Crippen LogP contribution in [0, 0.1) is 0 Å². The monoisotopic (exact) mass is 331 g/mol. The van der Waals surface area contributed by atoms with Crippen LogP contribution in [0.2, 0.25) is 0 Å². The summed E-state index contributed by atoms with van der Waals surface area (Å²) in [5, 5.41) is 14.5. The van der Waals surface area contributed by atoms with E-state index >= 15 is 0 Å². The van der Waals surface area contributed by atoms with Gasteiger partial charge in [0.05, 0.1) is 10.3 Å². The lowest BCUT2D eigenvalue weighted by atomic mass is 10.2. The van der Waals surface area contributed by atoms with Crippen LogP contribution in [-0.2, 0) is 9.59 Å². The fourth-order valence-corrected chi connectivity index (χ4v) is 2.58. The molecule has 1 atom stereocenters. The van der Waals surface area contributed by atoms with Gasteiger partial charge in [0.2, 0.25) is 11.8 Å². The predicted molar refractivity (Wildman–Crippen MR) is 90.3 cm³/mol. The number of nitrogens with one attached hydrogen (secondary N) is 2. The Kier molecular flexibility index (Phi) is 6.13. The third-order valence-corrected chi connectivity index (χ3v) is 3.91. The van der Waals surface area contributed by atoms with E-state index < -0.39 is 12.5 Å². The molecule has 1 aromatic carbocycles. The zero-order valence-corrected chi connectivity index (χ0v) is 13.3. The number of anilines is 2. The molecule has 120 valence electrons. The molecule has 23 heavy (non-hydrogen) atoms. The highest BCUT2D eigenvalue weighted by Crippen LogP contribution is 2.22. The minimum atomic E-state index is -0.589. The summed E-state index contributed by atoms with van der Waals surface area (Å²) in [6.07, 6.45) is 1.68. The summed E-state index contributed by atoms with van der Waals surface area (Å²) in [4.78, 5) is 27.6. The van der Waals surface area contributed by atoms with Gasteiger partial charge in [-0.05, 0) is 37.3 Å². The predicted octanol–water partition coefficient (Wildman–Crippen LogP) is 2.13. The van der Waals surface area contributed by atoms with Gasteiger partial charge in [0.1, 0.15) is 6.61 Å². The molecule has 7 heteroatoms. The molecule has 2 amide bonds. The summed E-state index contributed by atoms with van der Waals surface area (Å²) in [7, 11) is 0.